The standard InChI is InChI=1S/C16H25NO2/c1-17(14-9-5-6-10-16(14)19)12-11-15(18)13-7-3-2-4-8-13/h2-4,7-8,14-16,18-19H,5-6,9-12H2,1H3. The normalized spacial score (nSPS) is 25.5. The first-order valence-corrected chi connectivity index (χ1v) is 7.30. The van der Waals surface area contributed by atoms with Crippen LogP contribution in [0.5, 0.6) is 0 Å². The van der Waals surface area contributed by atoms with Gasteiger partial charge in [0.2, 0.25) is 0 Å². The first-order chi connectivity index (χ1) is 9.18. The molecule has 2 rings (SSSR count). The van der Waals surface area contributed by atoms with Gasteiger partial charge in [-0.15, -0.1) is 0 Å². The summed E-state index contributed by atoms with van der Waals surface area (Å²) >= 11 is 0. The molecule has 3 heteroatoms. The van der Waals surface area contributed by atoms with Crippen LogP contribution in [0.1, 0.15) is 43.8 Å². The number of rotatable bonds is 5. The molecule has 2 N–H and O–H groups in total. The number of aliphatic hydroxyl groups is 2. The fourth-order valence-corrected chi connectivity index (χ4v) is 2.94. The lowest BCUT2D eigenvalue weighted by Crippen LogP contribution is -2.43. The Labute approximate surface area is 115 Å². The number of hydrogen-bond acceptors (Lipinski definition) is 3. The van der Waals surface area contributed by atoms with Crippen molar-refractivity contribution in [2.45, 2.75) is 50.4 Å². The van der Waals surface area contributed by atoms with E-state index in [1.54, 1.807) is 0 Å². The van der Waals surface area contributed by atoms with Crippen LogP contribution in [0.25, 0.3) is 0 Å². The van der Waals surface area contributed by atoms with Gasteiger partial charge in [0.1, 0.15) is 0 Å². The molecule has 1 aromatic rings. The average Bonchev–Trinajstić information content (AvgIpc) is 2.46. The summed E-state index contributed by atoms with van der Waals surface area (Å²) in [5.74, 6) is 0. The summed E-state index contributed by atoms with van der Waals surface area (Å²) < 4.78 is 0. The predicted octanol–water partition coefficient (Wildman–Crippen LogP) is 2.35. The fourth-order valence-electron chi connectivity index (χ4n) is 2.94. The van der Waals surface area contributed by atoms with Gasteiger partial charge in [0.25, 0.3) is 0 Å². The van der Waals surface area contributed by atoms with Gasteiger partial charge in [-0.25, -0.2) is 0 Å². The second-order valence-electron chi connectivity index (χ2n) is 5.61. The summed E-state index contributed by atoms with van der Waals surface area (Å²) in [4.78, 5) is 2.20. The third-order valence-electron chi connectivity index (χ3n) is 4.20. The third kappa shape index (κ3) is 4.03. The first-order valence-electron chi connectivity index (χ1n) is 7.30. The average molecular weight is 263 g/mol. The molecular weight excluding hydrogens is 238 g/mol. The summed E-state index contributed by atoms with van der Waals surface area (Å²) in [5.41, 5.74) is 0.972. The second-order valence-corrected chi connectivity index (χ2v) is 5.61. The number of benzene rings is 1. The molecular formula is C16H25NO2. The van der Waals surface area contributed by atoms with Crippen molar-refractivity contribution in [3.8, 4) is 0 Å². The van der Waals surface area contributed by atoms with Crippen LogP contribution in [0.15, 0.2) is 30.3 Å². The van der Waals surface area contributed by atoms with E-state index in [1.165, 1.54) is 6.42 Å². The van der Waals surface area contributed by atoms with Crippen LogP contribution in [0.3, 0.4) is 0 Å². The summed E-state index contributed by atoms with van der Waals surface area (Å²) in [7, 11) is 2.05. The molecule has 0 amide bonds. The number of aliphatic hydroxyl groups excluding tert-OH is 2. The Morgan fingerprint density at radius 3 is 2.58 bits per heavy atom. The van der Waals surface area contributed by atoms with Crippen LogP contribution < -0.4 is 0 Å². The number of hydrogen-bond donors (Lipinski definition) is 2. The van der Waals surface area contributed by atoms with Gasteiger partial charge in [-0.2, -0.15) is 0 Å². The minimum Gasteiger partial charge on any atom is -0.391 e. The maximum absolute atomic E-state index is 10.1. The van der Waals surface area contributed by atoms with E-state index >= 15 is 0 Å². The molecule has 3 atom stereocenters. The van der Waals surface area contributed by atoms with Crippen molar-refractivity contribution in [1.29, 1.82) is 0 Å². The molecule has 0 bridgehead atoms. The van der Waals surface area contributed by atoms with Crippen molar-refractivity contribution < 1.29 is 10.2 Å². The quantitative estimate of drug-likeness (QED) is 0.857. The van der Waals surface area contributed by atoms with Gasteiger partial charge < -0.3 is 15.1 Å². The topological polar surface area (TPSA) is 43.7 Å². The Hall–Kier alpha value is -0.900. The Kier molecular flexibility index (Phi) is 5.37. The van der Waals surface area contributed by atoms with Crippen LogP contribution in [-0.2, 0) is 0 Å². The molecule has 0 saturated heterocycles. The molecule has 1 aliphatic rings. The molecule has 3 unspecified atom stereocenters. The van der Waals surface area contributed by atoms with E-state index in [0.29, 0.717) is 6.42 Å². The highest BCUT2D eigenvalue weighted by Crippen LogP contribution is 2.24. The van der Waals surface area contributed by atoms with Crippen molar-refractivity contribution >= 4 is 0 Å². The van der Waals surface area contributed by atoms with Crippen molar-refractivity contribution in [2.24, 2.45) is 0 Å². The second kappa shape index (κ2) is 7.04. The van der Waals surface area contributed by atoms with Crippen molar-refractivity contribution in [3.05, 3.63) is 35.9 Å². The highest BCUT2D eigenvalue weighted by Gasteiger charge is 2.26. The van der Waals surface area contributed by atoms with Crippen LogP contribution in [0, 0.1) is 0 Å². The molecule has 0 spiro atoms. The van der Waals surface area contributed by atoms with E-state index in [9.17, 15) is 10.2 Å². The highest BCUT2D eigenvalue weighted by atomic mass is 16.3. The van der Waals surface area contributed by atoms with E-state index in [0.717, 1.165) is 31.4 Å². The van der Waals surface area contributed by atoms with Crippen LogP contribution in [0.2, 0.25) is 0 Å². The largest absolute Gasteiger partial charge is 0.391 e. The molecule has 1 fully saturated rings. The van der Waals surface area contributed by atoms with Gasteiger partial charge in [-0.05, 0) is 31.9 Å². The molecule has 0 radical (unpaired) electrons. The van der Waals surface area contributed by atoms with Crippen LogP contribution in [0.4, 0.5) is 0 Å². The Morgan fingerprint density at radius 1 is 1.21 bits per heavy atom. The fraction of sp³-hybridized carbons (Fsp3) is 0.625. The third-order valence-corrected chi connectivity index (χ3v) is 4.20. The van der Waals surface area contributed by atoms with Gasteiger partial charge in [0.15, 0.2) is 0 Å². The SMILES string of the molecule is CN(CCC(O)c1ccccc1)C1CCCCC1O. The molecule has 106 valence electrons. The van der Waals surface area contributed by atoms with Gasteiger partial charge in [-0.3, -0.25) is 0 Å². The lowest BCUT2D eigenvalue weighted by molar-refractivity contribution is 0.0253. The maximum Gasteiger partial charge on any atom is 0.0802 e. The van der Waals surface area contributed by atoms with Gasteiger partial charge in [0, 0.05) is 12.6 Å². The monoisotopic (exact) mass is 263 g/mol. The molecule has 0 aliphatic heterocycles. The zero-order chi connectivity index (χ0) is 13.7. The van der Waals surface area contributed by atoms with Gasteiger partial charge >= 0.3 is 0 Å². The molecule has 1 aliphatic carbocycles. The smallest absolute Gasteiger partial charge is 0.0802 e. The lowest BCUT2D eigenvalue weighted by atomic mass is 9.91. The van der Waals surface area contributed by atoms with Gasteiger partial charge in [0.05, 0.1) is 12.2 Å². The molecule has 0 aromatic heterocycles. The molecule has 1 aromatic carbocycles. The first kappa shape index (κ1) is 14.5. The highest BCUT2D eigenvalue weighted by molar-refractivity contribution is 5.17. The lowest BCUT2D eigenvalue weighted by Gasteiger charge is -2.35. The molecule has 1 saturated carbocycles. The number of likely N-dealkylation sites (N-methyl/N-ethyl adjacent to an activating group) is 1. The van der Waals surface area contributed by atoms with E-state index < -0.39 is 6.10 Å². The summed E-state index contributed by atoms with van der Waals surface area (Å²) in [6.07, 6.45) is 4.42. The minimum atomic E-state index is -0.413. The van der Waals surface area contributed by atoms with Crippen molar-refractivity contribution in [2.75, 3.05) is 13.6 Å². The van der Waals surface area contributed by atoms with E-state index in [-0.39, 0.29) is 12.1 Å². The van der Waals surface area contributed by atoms with Crippen LogP contribution >= 0.6 is 0 Å². The zero-order valence-electron chi connectivity index (χ0n) is 11.7. The maximum atomic E-state index is 10.1. The number of nitrogens with zero attached hydrogens (tertiary/aromatic N) is 1. The summed E-state index contributed by atoms with van der Waals surface area (Å²) in [6, 6.07) is 10.0. The Bertz CT molecular complexity index is 368. The van der Waals surface area contributed by atoms with Crippen molar-refractivity contribution in [3.63, 3.8) is 0 Å². The van der Waals surface area contributed by atoms with E-state index in [1.807, 2.05) is 30.3 Å². The zero-order valence-corrected chi connectivity index (χ0v) is 11.7. The summed E-state index contributed by atoms with van der Waals surface area (Å²) in [5, 5.41) is 20.2. The summed E-state index contributed by atoms with van der Waals surface area (Å²) in [6.45, 7) is 0.817. The Morgan fingerprint density at radius 2 is 1.89 bits per heavy atom. The van der Waals surface area contributed by atoms with Gasteiger partial charge in [-0.1, -0.05) is 43.2 Å². The van der Waals surface area contributed by atoms with E-state index in [2.05, 4.69) is 11.9 Å². The van der Waals surface area contributed by atoms with E-state index in [4.69, 9.17) is 0 Å². The molecule has 19 heavy (non-hydrogen) atoms. The van der Waals surface area contributed by atoms with Crippen molar-refractivity contribution in [1.82, 2.24) is 4.90 Å². The minimum absolute atomic E-state index is 0.201. The predicted molar refractivity (Wildman–Crippen MR) is 76.9 cm³/mol. The van der Waals surface area contributed by atoms with Crippen LogP contribution in [-0.4, -0.2) is 40.9 Å². The molecule has 3 nitrogen and oxygen atoms in total. The molecule has 0 heterocycles. The Balaban J connectivity index is 1.81.